The SMILES string of the molecule is CC(=O)NC1[C@H](OCCCCCCNC(=O)CCNC(=O)CCCC(=O)NCCCCCCOP(=O)(O)C(C)C)OC(CO)[C@H](O)[C@@H]1O. The van der Waals surface area contributed by atoms with Crippen LogP contribution < -0.4 is 21.3 Å². The smallest absolute Gasteiger partial charge is 0.330 e. The number of unbranched alkanes of at least 4 members (excludes halogenated alkanes) is 6. The van der Waals surface area contributed by atoms with Crippen LogP contribution in [0.25, 0.3) is 0 Å². The molecule has 0 aromatic rings. The van der Waals surface area contributed by atoms with Crippen molar-refractivity contribution in [1.29, 1.82) is 0 Å². The van der Waals surface area contributed by atoms with Gasteiger partial charge in [0.2, 0.25) is 23.6 Å². The van der Waals surface area contributed by atoms with E-state index in [1.807, 2.05) is 0 Å². The lowest BCUT2D eigenvalue weighted by Crippen LogP contribution is -2.64. The number of amides is 4. The quantitative estimate of drug-likeness (QED) is 0.0454. The lowest BCUT2D eigenvalue weighted by atomic mass is 9.97. The van der Waals surface area contributed by atoms with E-state index in [9.17, 15) is 44.0 Å². The second-order valence-corrected chi connectivity index (χ2v) is 14.7. The Hall–Kier alpha value is -2.17. The Morgan fingerprint density at radius 1 is 0.750 bits per heavy atom. The topological polar surface area (TPSA) is 242 Å². The molecule has 6 atom stereocenters. The standard InChI is InChI=1S/C31H59N4O12P/c1-22(2)48(43,44)46-20-11-7-5-9-16-32-25(38)13-12-14-26(39)34-18-15-27(40)33-17-8-4-6-10-19-45-31-28(35-23(3)37)30(42)29(41)24(21-36)47-31/h22,24,28-31,36,41-42H,4-21H2,1-3H3,(H,32,38)(H,33,40)(H,34,39)(H,35,37)(H,43,44)/t24?,28?,29-,30+,31+/m0/s1. The van der Waals surface area contributed by atoms with E-state index in [0.717, 1.165) is 38.5 Å². The molecule has 0 bridgehead atoms. The Morgan fingerprint density at radius 2 is 1.27 bits per heavy atom. The fraction of sp³-hybridized carbons (Fsp3) is 0.871. The molecule has 0 aliphatic carbocycles. The van der Waals surface area contributed by atoms with Gasteiger partial charge < -0.3 is 55.5 Å². The van der Waals surface area contributed by atoms with Gasteiger partial charge in [-0.1, -0.05) is 39.5 Å². The summed E-state index contributed by atoms with van der Waals surface area (Å²) in [5, 5.41) is 40.6. The van der Waals surface area contributed by atoms with E-state index in [0.29, 0.717) is 32.4 Å². The first-order valence-corrected chi connectivity index (χ1v) is 18.7. The predicted octanol–water partition coefficient (Wildman–Crippen LogP) is 0.587. The lowest BCUT2D eigenvalue weighted by molar-refractivity contribution is -0.270. The number of carbonyl (C=O) groups excluding carboxylic acids is 4. The van der Waals surface area contributed by atoms with E-state index in [1.165, 1.54) is 6.92 Å². The van der Waals surface area contributed by atoms with Gasteiger partial charge in [0.1, 0.15) is 24.4 Å². The van der Waals surface area contributed by atoms with Crippen LogP contribution in [0.3, 0.4) is 0 Å². The van der Waals surface area contributed by atoms with Crippen LogP contribution in [0.15, 0.2) is 0 Å². The van der Waals surface area contributed by atoms with Crippen LogP contribution in [0, 0.1) is 0 Å². The third-order valence-electron chi connectivity index (χ3n) is 7.73. The van der Waals surface area contributed by atoms with Gasteiger partial charge in [-0.25, -0.2) is 0 Å². The van der Waals surface area contributed by atoms with E-state index >= 15 is 0 Å². The van der Waals surface area contributed by atoms with Crippen molar-refractivity contribution in [3.63, 3.8) is 0 Å². The third kappa shape index (κ3) is 19.1. The highest BCUT2D eigenvalue weighted by atomic mass is 31.2. The maximum absolute atomic E-state index is 12.0. The first-order chi connectivity index (χ1) is 22.8. The number of carbonyl (C=O) groups is 4. The molecular weight excluding hydrogens is 651 g/mol. The summed E-state index contributed by atoms with van der Waals surface area (Å²) in [7, 11) is -3.52. The van der Waals surface area contributed by atoms with E-state index in [4.69, 9.17) is 14.0 Å². The van der Waals surface area contributed by atoms with Crippen molar-refractivity contribution < 1.29 is 58.0 Å². The Bertz CT molecular complexity index is 1000. The van der Waals surface area contributed by atoms with Crippen LogP contribution >= 0.6 is 7.60 Å². The number of nitrogens with one attached hydrogen (secondary N) is 4. The Balaban J connectivity index is 2.01. The van der Waals surface area contributed by atoms with Crippen LogP contribution in [-0.2, 0) is 37.7 Å². The Labute approximate surface area is 284 Å². The number of rotatable bonds is 26. The molecule has 1 fully saturated rings. The minimum Gasteiger partial charge on any atom is -0.394 e. The number of ether oxygens (including phenoxy) is 2. The molecule has 1 saturated heterocycles. The average molecular weight is 711 g/mol. The Kier molecular flexibility index (Phi) is 22.7. The van der Waals surface area contributed by atoms with Gasteiger partial charge in [-0.05, 0) is 32.1 Å². The van der Waals surface area contributed by atoms with Crippen LogP contribution in [0.1, 0.15) is 97.8 Å². The van der Waals surface area contributed by atoms with Gasteiger partial charge in [-0.3, -0.25) is 23.7 Å². The normalized spacial score (nSPS) is 22.1. The fourth-order valence-corrected chi connectivity index (χ4v) is 5.45. The molecular formula is C31H59N4O12P. The first kappa shape index (κ1) is 43.9. The van der Waals surface area contributed by atoms with Crippen molar-refractivity contribution in [2.24, 2.45) is 0 Å². The molecule has 16 nitrogen and oxygen atoms in total. The van der Waals surface area contributed by atoms with E-state index in [2.05, 4.69) is 21.3 Å². The molecule has 1 aliphatic rings. The second kappa shape index (κ2) is 24.9. The summed E-state index contributed by atoms with van der Waals surface area (Å²) in [5.74, 6) is -0.934. The number of hydrogen-bond donors (Lipinski definition) is 8. The molecule has 4 amide bonds. The minimum atomic E-state index is -3.52. The van der Waals surface area contributed by atoms with Crippen LogP contribution in [0.2, 0.25) is 0 Å². The molecule has 1 rings (SSSR count). The molecule has 0 saturated carbocycles. The zero-order valence-corrected chi connectivity index (χ0v) is 29.6. The van der Waals surface area contributed by atoms with Crippen molar-refractivity contribution in [3.05, 3.63) is 0 Å². The number of aliphatic hydroxyl groups excluding tert-OH is 3. The van der Waals surface area contributed by atoms with Gasteiger partial charge in [-0.15, -0.1) is 0 Å². The van der Waals surface area contributed by atoms with Gasteiger partial charge in [-0.2, -0.15) is 0 Å². The predicted molar refractivity (Wildman–Crippen MR) is 177 cm³/mol. The molecule has 0 radical (unpaired) electrons. The van der Waals surface area contributed by atoms with Gasteiger partial charge in [0, 0.05) is 52.4 Å². The Morgan fingerprint density at radius 3 is 1.81 bits per heavy atom. The zero-order valence-electron chi connectivity index (χ0n) is 28.7. The summed E-state index contributed by atoms with van der Waals surface area (Å²) >= 11 is 0. The highest BCUT2D eigenvalue weighted by Crippen LogP contribution is 2.47. The summed E-state index contributed by atoms with van der Waals surface area (Å²) < 4.78 is 28.0. The summed E-state index contributed by atoms with van der Waals surface area (Å²) in [5.41, 5.74) is -0.420. The molecule has 280 valence electrons. The van der Waals surface area contributed by atoms with E-state index in [1.54, 1.807) is 13.8 Å². The second-order valence-electron chi connectivity index (χ2n) is 12.3. The third-order valence-corrected chi connectivity index (χ3v) is 9.59. The molecule has 1 heterocycles. The summed E-state index contributed by atoms with van der Waals surface area (Å²) in [4.78, 5) is 57.1. The number of aliphatic hydroxyl groups is 3. The van der Waals surface area contributed by atoms with Gasteiger partial charge in [0.05, 0.1) is 18.9 Å². The summed E-state index contributed by atoms with van der Waals surface area (Å²) in [6.07, 6.45) is 2.39. The first-order valence-electron chi connectivity index (χ1n) is 17.1. The van der Waals surface area contributed by atoms with Gasteiger partial charge in [0.25, 0.3) is 0 Å². The zero-order chi connectivity index (χ0) is 36.0. The van der Waals surface area contributed by atoms with Crippen molar-refractivity contribution >= 4 is 31.2 Å². The van der Waals surface area contributed by atoms with Crippen LogP contribution in [-0.4, -0.2) is 120 Å². The lowest BCUT2D eigenvalue weighted by Gasteiger charge is -2.42. The molecule has 0 aromatic carbocycles. The molecule has 1 aliphatic heterocycles. The van der Waals surface area contributed by atoms with Crippen LogP contribution in [0.4, 0.5) is 0 Å². The molecule has 3 unspecified atom stereocenters. The molecule has 48 heavy (non-hydrogen) atoms. The van der Waals surface area contributed by atoms with Crippen molar-refractivity contribution in [3.8, 4) is 0 Å². The number of hydrogen-bond acceptors (Lipinski definition) is 11. The van der Waals surface area contributed by atoms with Gasteiger partial charge >= 0.3 is 7.60 Å². The van der Waals surface area contributed by atoms with Crippen LogP contribution in [0.5, 0.6) is 0 Å². The molecule has 0 spiro atoms. The molecule has 8 N–H and O–H groups in total. The van der Waals surface area contributed by atoms with Gasteiger partial charge in [0.15, 0.2) is 6.29 Å². The maximum Gasteiger partial charge on any atom is 0.330 e. The van der Waals surface area contributed by atoms with Crippen molar-refractivity contribution in [2.45, 2.75) is 134 Å². The van der Waals surface area contributed by atoms with Crippen molar-refractivity contribution in [1.82, 2.24) is 21.3 Å². The monoisotopic (exact) mass is 710 g/mol. The molecule has 0 aromatic heterocycles. The van der Waals surface area contributed by atoms with E-state index < -0.39 is 56.4 Å². The molecule has 17 heteroatoms. The summed E-state index contributed by atoms with van der Waals surface area (Å²) in [6, 6.07) is -0.972. The highest BCUT2D eigenvalue weighted by molar-refractivity contribution is 7.53. The largest absolute Gasteiger partial charge is 0.394 e. The fourth-order valence-electron chi connectivity index (χ4n) is 4.76. The van der Waals surface area contributed by atoms with Crippen molar-refractivity contribution in [2.75, 3.05) is 39.5 Å². The average Bonchev–Trinajstić information content (AvgIpc) is 3.02. The summed E-state index contributed by atoms with van der Waals surface area (Å²) in [6.45, 7) is 5.79. The minimum absolute atomic E-state index is 0.123. The highest BCUT2D eigenvalue weighted by Gasteiger charge is 2.45. The van der Waals surface area contributed by atoms with E-state index in [-0.39, 0.29) is 56.7 Å². The maximum atomic E-state index is 12.0.